The standard InChI is InChI=1S/C34H37F3N6O2/c1-2-23-26(36)7-4-18-10-22(44)11-24(28(18)23)29-27(38)12-25-31(30(29)37)40-33(41-32(25)42-15-20-5-6-21(16-42)39-20)45-17-34-8-3-9-43(34)14-19(35)13-34/h4,7,10-12,19-21,39,44H,2-3,5-6,8-9,13-17,38H2,1H3/t19-,20-,21+,34+/m1/s1. The molecule has 0 spiro atoms. The van der Waals surface area contributed by atoms with Gasteiger partial charge in [0.2, 0.25) is 0 Å². The number of nitrogen functional groups attached to an aromatic ring is 1. The average molecular weight is 619 g/mol. The molecule has 8 nitrogen and oxygen atoms in total. The zero-order valence-corrected chi connectivity index (χ0v) is 25.3. The first kappa shape index (κ1) is 28.6. The van der Waals surface area contributed by atoms with Crippen LogP contribution in [0, 0.1) is 11.6 Å². The number of hydrogen-bond donors (Lipinski definition) is 3. The number of phenols is 1. The third kappa shape index (κ3) is 4.65. The first-order valence-corrected chi connectivity index (χ1v) is 16.0. The van der Waals surface area contributed by atoms with Crippen LogP contribution < -0.4 is 20.7 Å². The van der Waals surface area contributed by atoms with Crippen molar-refractivity contribution in [2.24, 2.45) is 0 Å². The molecule has 3 aromatic carbocycles. The van der Waals surface area contributed by atoms with E-state index in [1.165, 1.54) is 18.2 Å². The molecule has 0 aliphatic carbocycles. The van der Waals surface area contributed by atoms with Crippen LogP contribution >= 0.6 is 0 Å². The van der Waals surface area contributed by atoms with Crippen LogP contribution in [-0.4, -0.2) is 76.6 Å². The fourth-order valence-corrected chi connectivity index (χ4v) is 8.45. The Morgan fingerprint density at radius 2 is 1.91 bits per heavy atom. The number of anilines is 2. The molecular formula is C34H37F3N6O2. The van der Waals surface area contributed by atoms with Crippen LogP contribution in [0.25, 0.3) is 32.8 Å². The SMILES string of the molecule is CCc1c(F)ccc2cc(O)cc(-c3c(N)cc4c(N5C[C@H]6CC[C@@H](C5)N6)nc(OC[C@@]56CCCN5C[C@H](F)C6)nc4c3F)c12. The summed E-state index contributed by atoms with van der Waals surface area (Å²) in [5.74, 6) is -0.646. The molecule has 236 valence electrons. The van der Waals surface area contributed by atoms with Crippen molar-refractivity contribution in [3.05, 3.63) is 47.5 Å². The van der Waals surface area contributed by atoms with Crippen LogP contribution in [0.4, 0.5) is 24.7 Å². The Labute approximate surface area is 259 Å². The number of hydrogen-bond acceptors (Lipinski definition) is 8. The van der Waals surface area contributed by atoms with E-state index in [1.54, 1.807) is 12.1 Å². The molecule has 0 unspecified atom stereocenters. The van der Waals surface area contributed by atoms with E-state index < -0.39 is 23.3 Å². The summed E-state index contributed by atoms with van der Waals surface area (Å²) in [6.45, 7) is 4.66. The van der Waals surface area contributed by atoms with Gasteiger partial charge in [-0.15, -0.1) is 0 Å². The summed E-state index contributed by atoms with van der Waals surface area (Å²) in [5, 5.41) is 15.8. The second-order valence-corrected chi connectivity index (χ2v) is 13.3. The van der Waals surface area contributed by atoms with Gasteiger partial charge in [-0.05, 0) is 84.8 Å². The van der Waals surface area contributed by atoms with E-state index in [-0.39, 0.29) is 35.1 Å². The van der Waals surface area contributed by atoms with Crippen LogP contribution in [0.1, 0.15) is 44.6 Å². The number of ether oxygens (including phenoxy) is 1. The molecule has 0 saturated carbocycles. The Morgan fingerprint density at radius 1 is 1.11 bits per heavy atom. The average Bonchev–Trinajstić information content (AvgIpc) is 3.66. The lowest BCUT2D eigenvalue weighted by atomic mass is 9.91. The number of aryl methyl sites for hydroxylation is 1. The minimum atomic E-state index is -0.906. The Balaban J connectivity index is 1.30. The highest BCUT2D eigenvalue weighted by Gasteiger charge is 2.49. The van der Waals surface area contributed by atoms with E-state index in [1.807, 2.05) is 6.92 Å². The number of benzene rings is 3. The van der Waals surface area contributed by atoms with Gasteiger partial charge in [0.1, 0.15) is 35.7 Å². The van der Waals surface area contributed by atoms with Crippen LogP contribution in [0.2, 0.25) is 0 Å². The van der Waals surface area contributed by atoms with E-state index in [2.05, 4.69) is 20.1 Å². The third-order valence-corrected chi connectivity index (χ3v) is 10.4. The van der Waals surface area contributed by atoms with Crippen molar-refractivity contribution in [1.29, 1.82) is 0 Å². The van der Waals surface area contributed by atoms with Gasteiger partial charge in [-0.3, -0.25) is 4.90 Å². The van der Waals surface area contributed by atoms with Crippen molar-refractivity contribution in [2.45, 2.75) is 69.2 Å². The fraction of sp³-hybridized carbons (Fsp3) is 0.471. The number of rotatable bonds is 6. The van der Waals surface area contributed by atoms with Crippen LogP contribution in [0.5, 0.6) is 11.8 Å². The summed E-state index contributed by atoms with van der Waals surface area (Å²) < 4.78 is 52.8. The summed E-state index contributed by atoms with van der Waals surface area (Å²) in [5.41, 5.74) is 7.12. The molecule has 4 saturated heterocycles. The molecule has 4 N–H and O–H groups in total. The predicted molar refractivity (Wildman–Crippen MR) is 169 cm³/mol. The molecule has 11 heteroatoms. The molecule has 0 radical (unpaired) electrons. The van der Waals surface area contributed by atoms with Crippen molar-refractivity contribution in [3.63, 3.8) is 0 Å². The van der Waals surface area contributed by atoms with Crippen LogP contribution in [0.15, 0.2) is 30.3 Å². The van der Waals surface area contributed by atoms with Gasteiger partial charge in [0.25, 0.3) is 0 Å². The maximum Gasteiger partial charge on any atom is 0.319 e. The molecule has 2 bridgehead atoms. The molecule has 8 rings (SSSR count). The van der Waals surface area contributed by atoms with E-state index in [9.17, 15) is 9.50 Å². The number of fused-ring (bicyclic) bond motifs is 5. The Morgan fingerprint density at radius 3 is 2.69 bits per heavy atom. The summed E-state index contributed by atoms with van der Waals surface area (Å²) >= 11 is 0. The predicted octanol–water partition coefficient (Wildman–Crippen LogP) is 5.47. The van der Waals surface area contributed by atoms with Gasteiger partial charge in [0, 0.05) is 54.8 Å². The number of nitrogens with zero attached hydrogens (tertiary/aromatic N) is 4. The van der Waals surface area contributed by atoms with Gasteiger partial charge in [-0.25, -0.2) is 13.2 Å². The first-order chi connectivity index (χ1) is 21.7. The van der Waals surface area contributed by atoms with E-state index in [4.69, 9.17) is 15.5 Å². The zero-order chi connectivity index (χ0) is 31.0. The van der Waals surface area contributed by atoms with Gasteiger partial charge in [0.05, 0.1) is 5.54 Å². The topological polar surface area (TPSA) is 99.8 Å². The Bertz CT molecular complexity index is 1830. The lowest BCUT2D eigenvalue weighted by Gasteiger charge is -2.35. The monoisotopic (exact) mass is 618 g/mol. The van der Waals surface area contributed by atoms with Gasteiger partial charge in [-0.1, -0.05) is 13.0 Å². The van der Waals surface area contributed by atoms with Gasteiger partial charge in [0.15, 0.2) is 5.82 Å². The quantitative estimate of drug-likeness (QED) is 0.245. The van der Waals surface area contributed by atoms with Gasteiger partial charge < -0.3 is 25.8 Å². The van der Waals surface area contributed by atoms with Crippen molar-refractivity contribution in [3.8, 4) is 22.9 Å². The molecule has 4 fully saturated rings. The normalized spacial score (nSPS) is 26.3. The van der Waals surface area contributed by atoms with E-state index in [0.717, 1.165) is 32.2 Å². The van der Waals surface area contributed by atoms with E-state index >= 15 is 8.78 Å². The lowest BCUT2D eigenvalue weighted by molar-refractivity contribution is 0.107. The number of phenolic OH excluding ortho intramolecular Hbond substituents is 1. The summed E-state index contributed by atoms with van der Waals surface area (Å²) in [7, 11) is 0. The number of aromatic hydroxyl groups is 1. The van der Waals surface area contributed by atoms with Gasteiger partial charge >= 0.3 is 6.01 Å². The lowest BCUT2D eigenvalue weighted by Crippen LogP contribution is -2.51. The molecule has 4 aliphatic heterocycles. The van der Waals surface area contributed by atoms with E-state index in [0.29, 0.717) is 77.7 Å². The molecular weight excluding hydrogens is 581 g/mol. The van der Waals surface area contributed by atoms with Crippen LogP contribution in [-0.2, 0) is 6.42 Å². The molecule has 4 aliphatic rings. The number of nitrogens with two attached hydrogens (primary N) is 1. The molecule has 1 aromatic heterocycles. The van der Waals surface area contributed by atoms with Gasteiger partial charge in [-0.2, -0.15) is 9.97 Å². The maximum atomic E-state index is 17.0. The molecule has 5 heterocycles. The third-order valence-electron chi connectivity index (χ3n) is 10.4. The largest absolute Gasteiger partial charge is 0.508 e. The summed E-state index contributed by atoms with van der Waals surface area (Å²) in [6, 6.07) is 8.20. The Hall–Kier alpha value is -3.83. The molecule has 4 aromatic rings. The molecule has 4 atom stereocenters. The van der Waals surface area contributed by atoms with Crippen molar-refractivity contribution in [1.82, 2.24) is 20.2 Å². The first-order valence-electron chi connectivity index (χ1n) is 16.0. The van der Waals surface area contributed by atoms with Crippen molar-refractivity contribution >= 4 is 33.2 Å². The minimum absolute atomic E-state index is 0.0302. The summed E-state index contributed by atoms with van der Waals surface area (Å²) in [6.07, 6.45) is 3.75. The number of halogens is 3. The van der Waals surface area contributed by atoms with Crippen molar-refractivity contribution in [2.75, 3.05) is 43.4 Å². The van der Waals surface area contributed by atoms with Crippen LogP contribution in [0.3, 0.4) is 0 Å². The zero-order valence-electron chi connectivity index (χ0n) is 25.3. The summed E-state index contributed by atoms with van der Waals surface area (Å²) in [4.78, 5) is 13.8. The molecule has 0 amide bonds. The second kappa shape index (κ2) is 10.6. The highest BCUT2D eigenvalue weighted by Crippen LogP contribution is 2.44. The number of nitrogens with one attached hydrogen (secondary N) is 1. The molecule has 45 heavy (non-hydrogen) atoms. The maximum absolute atomic E-state index is 17.0. The second-order valence-electron chi connectivity index (χ2n) is 13.3. The fourth-order valence-electron chi connectivity index (χ4n) is 8.45. The number of piperazine rings is 1. The highest BCUT2D eigenvalue weighted by atomic mass is 19.1. The number of aromatic nitrogens is 2. The minimum Gasteiger partial charge on any atom is -0.508 e. The smallest absolute Gasteiger partial charge is 0.319 e. The van der Waals surface area contributed by atoms with Crippen molar-refractivity contribution < 1.29 is 23.0 Å². The number of alkyl halides is 1. The Kier molecular flexibility index (Phi) is 6.76. The highest BCUT2D eigenvalue weighted by molar-refractivity contribution is 6.06.